The summed E-state index contributed by atoms with van der Waals surface area (Å²) in [6.07, 6.45) is 108. The quantitative estimate of drug-likeness (QED) is 0.0272. The van der Waals surface area contributed by atoms with E-state index >= 15 is 0 Å². The van der Waals surface area contributed by atoms with E-state index in [9.17, 15) is 19.4 Å². The summed E-state index contributed by atoms with van der Waals surface area (Å²) in [5.74, 6) is -0.230. The zero-order valence-corrected chi connectivity index (χ0v) is 59.7. The van der Waals surface area contributed by atoms with E-state index < -0.39 is 26.6 Å². The molecule has 514 valence electrons. The fraction of sp³-hybridized carbons (Fsp3) is 0.667. The first-order valence-electron chi connectivity index (χ1n) is 36.8. The highest BCUT2D eigenvalue weighted by Crippen LogP contribution is 2.38. The normalized spacial score (nSPS) is 14.5. The molecule has 0 bridgehead atoms. The molecule has 0 aromatic heterocycles. The van der Waals surface area contributed by atoms with Gasteiger partial charge in [-0.15, -0.1) is 0 Å². The molecule has 0 aromatic rings. The molecular weight excluding hydrogens is 1130 g/mol. The largest absolute Gasteiger partial charge is 0.756 e. The van der Waals surface area contributed by atoms with Gasteiger partial charge in [0.05, 0.1) is 39.9 Å². The maximum Gasteiger partial charge on any atom is 0.268 e. The number of unbranched alkanes of at least 4 members (excludes halogenated alkanes) is 29. The number of rotatable bonds is 66. The predicted octanol–water partition coefficient (Wildman–Crippen LogP) is 23.5. The second-order valence-corrected chi connectivity index (χ2v) is 27.0. The van der Waals surface area contributed by atoms with Gasteiger partial charge in [0.15, 0.2) is 0 Å². The number of aliphatic hydroxyl groups is 1. The predicted molar refractivity (Wildman–Crippen MR) is 394 cm³/mol. The van der Waals surface area contributed by atoms with Gasteiger partial charge in [0.2, 0.25) is 5.91 Å². The third-order valence-corrected chi connectivity index (χ3v) is 16.7. The van der Waals surface area contributed by atoms with Gasteiger partial charge in [0.1, 0.15) is 13.2 Å². The highest BCUT2D eigenvalue weighted by molar-refractivity contribution is 7.45. The average molecular weight is 1270 g/mol. The van der Waals surface area contributed by atoms with E-state index in [2.05, 4.69) is 165 Å². The van der Waals surface area contributed by atoms with Crippen molar-refractivity contribution in [3.05, 3.63) is 158 Å². The Kier molecular flexibility index (Phi) is 66.5. The summed E-state index contributed by atoms with van der Waals surface area (Å²) in [7, 11) is 1.21. The minimum atomic E-state index is -4.63. The molecule has 9 heteroatoms. The van der Waals surface area contributed by atoms with Gasteiger partial charge >= 0.3 is 0 Å². The number of allylic oxidation sites excluding steroid dienone is 25. The molecule has 3 atom stereocenters. The van der Waals surface area contributed by atoms with Crippen LogP contribution in [0.25, 0.3) is 0 Å². The second-order valence-electron chi connectivity index (χ2n) is 25.5. The van der Waals surface area contributed by atoms with Crippen LogP contribution in [0.1, 0.15) is 296 Å². The number of aliphatic hydroxyl groups excluding tert-OH is 1. The third kappa shape index (κ3) is 71.6. The van der Waals surface area contributed by atoms with E-state index in [1.807, 2.05) is 27.2 Å². The van der Waals surface area contributed by atoms with E-state index in [-0.39, 0.29) is 12.5 Å². The van der Waals surface area contributed by atoms with Crippen LogP contribution in [-0.2, 0) is 18.4 Å². The lowest BCUT2D eigenvalue weighted by atomic mass is 10.0. The summed E-state index contributed by atoms with van der Waals surface area (Å²) in [5.41, 5.74) is 0. The summed E-state index contributed by atoms with van der Waals surface area (Å²) in [6.45, 7) is 4.50. The first-order chi connectivity index (χ1) is 44.0. The molecule has 8 nitrogen and oxygen atoms in total. The Hall–Kier alpha value is -3.88. The molecular formula is C81H139N2O6P. The Morgan fingerprint density at radius 1 is 0.400 bits per heavy atom. The van der Waals surface area contributed by atoms with Crippen LogP contribution < -0.4 is 10.2 Å². The number of nitrogens with zero attached hydrogens (tertiary/aromatic N) is 1. The molecule has 0 aliphatic rings. The van der Waals surface area contributed by atoms with Crippen LogP contribution in [0.3, 0.4) is 0 Å². The number of carbonyl (C=O) groups is 1. The van der Waals surface area contributed by atoms with E-state index in [0.29, 0.717) is 17.4 Å². The standard InChI is InChI=1S/C81H139N2O6P/c1-6-8-10-12-14-16-18-20-22-24-26-28-30-32-34-36-38-39-40-41-42-43-45-47-49-51-53-55-57-59-61-63-65-67-69-71-73-75-81(85)82-79(78-89-90(86,87)88-77-76-83(3,4)5)80(84)74-72-70-68-66-64-62-60-58-56-54-52-50-48-46-44-37-35-33-31-29-27-25-23-21-19-17-15-13-11-9-7-2/h8,10,14,16,20,22,26,28,32,34,38-39,41-42,45,47,51,53,56-59,64,66,72,74,79-80,84H,6-7,9,11-13,15,17-19,21,23-25,27,29-31,33,35-37,40,43-44,46,48-50,52,54-55,60-63,65,67-71,73,75-78H2,1-5H3,(H-,82,85,86,87)/b10-8-,16-14-,22-20-,28-26-,34-32-,39-38-,42-41-,47-45-,53-51-,58-56+,59-57-,66-64+,74-72+. The summed E-state index contributed by atoms with van der Waals surface area (Å²) in [4.78, 5) is 25.6. The topological polar surface area (TPSA) is 108 Å². The van der Waals surface area contributed by atoms with Gasteiger partial charge in [-0.1, -0.05) is 326 Å². The Bertz CT molecular complexity index is 2030. The van der Waals surface area contributed by atoms with Gasteiger partial charge in [-0.2, -0.15) is 0 Å². The van der Waals surface area contributed by atoms with E-state index in [4.69, 9.17) is 9.05 Å². The van der Waals surface area contributed by atoms with E-state index in [1.165, 1.54) is 141 Å². The molecule has 1 amide bonds. The van der Waals surface area contributed by atoms with E-state index in [1.54, 1.807) is 6.08 Å². The summed E-state index contributed by atoms with van der Waals surface area (Å²) in [6, 6.07) is -0.932. The van der Waals surface area contributed by atoms with Gasteiger partial charge < -0.3 is 28.8 Å². The third-order valence-electron chi connectivity index (χ3n) is 15.7. The number of quaternary nitrogens is 1. The second kappa shape index (κ2) is 69.5. The SMILES string of the molecule is CC/C=C\C/C=C\C/C=C\C/C=C\C/C=C\C/C=C\C/C=C\C/C=C\C/C=C\C/C=C\CCCCCCCCC(=O)NC(COP(=O)([O-])OCC[N+](C)(C)C)C(O)/C=C/CC/C=C/CC/C=C/CCCCCCCCCCCCCCCCCCCCCCC. The van der Waals surface area contributed by atoms with Crippen molar-refractivity contribution in [2.45, 2.75) is 309 Å². The van der Waals surface area contributed by atoms with Crippen LogP contribution >= 0.6 is 7.82 Å². The molecule has 0 aromatic carbocycles. The van der Waals surface area contributed by atoms with Crippen molar-refractivity contribution in [1.82, 2.24) is 5.32 Å². The highest BCUT2D eigenvalue weighted by atomic mass is 31.2. The molecule has 0 saturated heterocycles. The van der Waals surface area contributed by atoms with Gasteiger partial charge in [0.25, 0.3) is 7.82 Å². The molecule has 90 heavy (non-hydrogen) atoms. The minimum Gasteiger partial charge on any atom is -0.756 e. The van der Waals surface area contributed by atoms with Crippen LogP contribution in [-0.4, -0.2) is 68.5 Å². The lowest BCUT2D eigenvalue weighted by Crippen LogP contribution is -2.45. The van der Waals surface area contributed by atoms with Crippen molar-refractivity contribution in [3.8, 4) is 0 Å². The molecule has 0 fully saturated rings. The van der Waals surface area contributed by atoms with Gasteiger partial charge in [-0.05, 0) is 122 Å². The van der Waals surface area contributed by atoms with Crippen molar-refractivity contribution in [2.75, 3.05) is 40.9 Å². The number of hydrogen-bond acceptors (Lipinski definition) is 6. The van der Waals surface area contributed by atoms with Gasteiger partial charge in [-0.25, -0.2) is 0 Å². The number of likely N-dealkylation sites (N-methyl/N-ethyl adjacent to an activating group) is 1. The number of hydrogen-bond donors (Lipinski definition) is 2. The molecule has 0 spiro atoms. The highest BCUT2D eigenvalue weighted by Gasteiger charge is 2.23. The number of phosphoric ester groups is 1. The van der Waals surface area contributed by atoms with Crippen LogP contribution in [0, 0.1) is 0 Å². The van der Waals surface area contributed by atoms with Crippen molar-refractivity contribution in [3.63, 3.8) is 0 Å². The molecule has 0 saturated carbocycles. The average Bonchev–Trinajstić information content (AvgIpc) is 3.18. The fourth-order valence-electron chi connectivity index (χ4n) is 10.0. The molecule has 0 aliphatic heterocycles. The number of phosphoric acid groups is 1. The first kappa shape index (κ1) is 86.1. The Balaban J connectivity index is 4.22. The molecule has 0 aliphatic carbocycles. The van der Waals surface area contributed by atoms with Crippen LogP contribution in [0.4, 0.5) is 0 Å². The minimum absolute atomic E-state index is 0.0205. The summed E-state index contributed by atoms with van der Waals surface area (Å²) < 4.78 is 23.4. The number of carbonyl (C=O) groups excluding carboxylic acids is 1. The lowest BCUT2D eigenvalue weighted by Gasteiger charge is -2.29. The lowest BCUT2D eigenvalue weighted by molar-refractivity contribution is -0.870. The smallest absolute Gasteiger partial charge is 0.268 e. The number of nitrogens with one attached hydrogen (secondary N) is 1. The maximum atomic E-state index is 13.0. The monoisotopic (exact) mass is 1270 g/mol. The summed E-state index contributed by atoms with van der Waals surface area (Å²) in [5, 5.41) is 13.9. The Labute approximate surface area is 556 Å². The van der Waals surface area contributed by atoms with Crippen LogP contribution in [0.15, 0.2) is 158 Å². The molecule has 0 radical (unpaired) electrons. The maximum absolute atomic E-state index is 13.0. The van der Waals surface area contributed by atoms with Gasteiger partial charge in [-0.3, -0.25) is 9.36 Å². The Morgan fingerprint density at radius 3 is 1.03 bits per heavy atom. The molecule has 2 N–H and O–H groups in total. The van der Waals surface area contributed by atoms with E-state index in [0.717, 1.165) is 135 Å². The molecule has 3 unspecified atom stereocenters. The van der Waals surface area contributed by atoms with Crippen LogP contribution in [0.5, 0.6) is 0 Å². The van der Waals surface area contributed by atoms with Crippen molar-refractivity contribution in [2.24, 2.45) is 0 Å². The van der Waals surface area contributed by atoms with Crippen LogP contribution in [0.2, 0.25) is 0 Å². The fourth-order valence-corrected chi connectivity index (χ4v) is 10.8. The zero-order valence-electron chi connectivity index (χ0n) is 58.8. The molecule has 0 heterocycles. The van der Waals surface area contributed by atoms with Crippen molar-refractivity contribution >= 4 is 13.7 Å². The summed E-state index contributed by atoms with van der Waals surface area (Å²) >= 11 is 0. The Morgan fingerprint density at radius 2 is 0.689 bits per heavy atom. The van der Waals surface area contributed by atoms with Gasteiger partial charge in [0, 0.05) is 6.42 Å². The van der Waals surface area contributed by atoms with Crippen molar-refractivity contribution in [1.29, 1.82) is 0 Å². The molecule has 0 rings (SSSR count). The van der Waals surface area contributed by atoms with Crippen molar-refractivity contribution < 1.29 is 32.9 Å². The zero-order chi connectivity index (χ0) is 65.5. The number of amides is 1. The first-order valence-corrected chi connectivity index (χ1v) is 38.3.